The van der Waals surface area contributed by atoms with Crippen molar-refractivity contribution in [3.05, 3.63) is 101 Å². The Morgan fingerprint density at radius 1 is 0.815 bits per heavy atom. The molecule has 27 heavy (non-hydrogen) atoms. The molecule has 1 unspecified atom stereocenters. The van der Waals surface area contributed by atoms with Gasteiger partial charge in [0, 0.05) is 12.6 Å². The number of aryl methyl sites for hydroxylation is 2. The Morgan fingerprint density at radius 2 is 1.56 bits per heavy atom. The molecule has 0 saturated heterocycles. The van der Waals surface area contributed by atoms with Crippen LogP contribution in [-0.2, 0) is 19.6 Å². The van der Waals surface area contributed by atoms with Crippen LogP contribution in [0.1, 0.15) is 35.6 Å². The standard InChI is InChI=1S/C25H29NO/c1-20-8-6-12-24(16-20)19-27-25-13-7-11-23(17-25)18-26-21(2)14-15-22-9-4-3-5-10-22/h3-13,16-17,21,26H,14-15,18-19H2,1-2H3. The minimum absolute atomic E-state index is 0.474. The summed E-state index contributed by atoms with van der Waals surface area (Å²) in [4.78, 5) is 0. The van der Waals surface area contributed by atoms with Crippen LogP contribution >= 0.6 is 0 Å². The number of benzene rings is 3. The molecular weight excluding hydrogens is 330 g/mol. The van der Waals surface area contributed by atoms with Crippen LogP contribution in [0.2, 0.25) is 0 Å². The van der Waals surface area contributed by atoms with Crippen LogP contribution in [0.5, 0.6) is 5.75 Å². The van der Waals surface area contributed by atoms with E-state index in [-0.39, 0.29) is 0 Å². The Balaban J connectivity index is 1.45. The van der Waals surface area contributed by atoms with Gasteiger partial charge in [0.1, 0.15) is 12.4 Å². The van der Waals surface area contributed by atoms with E-state index in [1.807, 2.05) is 6.07 Å². The minimum Gasteiger partial charge on any atom is -0.489 e. The Labute approximate surface area is 163 Å². The highest BCUT2D eigenvalue weighted by Gasteiger charge is 2.04. The lowest BCUT2D eigenvalue weighted by Crippen LogP contribution is -2.25. The molecule has 0 saturated carbocycles. The molecule has 0 aromatic heterocycles. The van der Waals surface area contributed by atoms with Crippen molar-refractivity contribution in [3.63, 3.8) is 0 Å². The van der Waals surface area contributed by atoms with Crippen LogP contribution in [0.3, 0.4) is 0 Å². The van der Waals surface area contributed by atoms with E-state index in [0.29, 0.717) is 12.6 Å². The largest absolute Gasteiger partial charge is 0.489 e. The zero-order valence-corrected chi connectivity index (χ0v) is 16.3. The number of rotatable bonds is 9. The van der Waals surface area contributed by atoms with Crippen molar-refractivity contribution in [1.82, 2.24) is 5.32 Å². The third-order valence-corrected chi connectivity index (χ3v) is 4.75. The average molecular weight is 360 g/mol. The van der Waals surface area contributed by atoms with E-state index >= 15 is 0 Å². The van der Waals surface area contributed by atoms with Gasteiger partial charge in [-0.15, -0.1) is 0 Å². The highest BCUT2D eigenvalue weighted by molar-refractivity contribution is 5.29. The summed E-state index contributed by atoms with van der Waals surface area (Å²) in [5.74, 6) is 0.924. The molecule has 0 bridgehead atoms. The molecule has 1 N–H and O–H groups in total. The van der Waals surface area contributed by atoms with Crippen LogP contribution in [-0.4, -0.2) is 6.04 Å². The maximum absolute atomic E-state index is 5.97. The third-order valence-electron chi connectivity index (χ3n) is 4.75. The van der Waals surface area contributed by atoms with Crippen molar-refractivity contribution >= 4 is 0 Å². The summed E-state index contributed by atoms with van der Waals surface area (Å²) in [5.41, 5.74) is 5.12. The average Bonchev–Trinajstić information content (AvgIpc) is 2.70. The lowest BCUT2D eigenvalue weighted by molar-refractivity contribution is 0.305. The quantitative estimate of drug-likeness (QED) is 0.530. The lowest BCUT2D eigenvalue weighted by Gasteiger charge is -2.14. The fraction of sp³-hybridized carbons (Fsp3) is 0.280. The van der Waals surface area contributed by atoms with Crippen molar-refractivity contribution in [2.24, 2.45) is 0 Å². The summed E-state index contributed by atoms with van der Waals surface area (Å²) < 4.78 is 5.97. The number of hydrogen-bond acceptors (Lipinski definition) is 2. The third kappa shape index (κ3) is 6.58. The molecule has 0 spiro atoms. The van der Waals surface area contributed by atoms with Crippen LogP contribution in [0.15, 0.2) is 78.9 Å². The van der Waals surface area contributed by atoms with Gasteiger partial charge in [-0.05, 0) is 55.5 Å². The van der Waals surface area contributed by atoms with Gasteiger partial charge in [-0.25, -0.2) is 0 Å². The lowest BCUT2D eigenvalue weighted by atomic mass is 10.1. The first-order chi connectivity index (χ1) is 13.2. The van der Waals surface area contributed by atoms with Gasteiger partial charge < -0.3 is 10.1 Å². The fourth-order valence-electron chi connectivity index (χ4n) is 3.14. The summed E-state index contributed by atoms with van der Waals surface area (Å²) >= 11 is 0. The van der Waals surface area contributed by atoms with Gasteiger partial charge in [0.2, 0.25) is 0 Å². The Hall–Kier alpha value is -2.58. The second-order valence-corrected chi connectivity index (χ2v) is 7.23. The zero-order valence-electron chi connectivity index (χ0n) is 16.3. The van der Waals surface area contributed by atoms with Crippen molar-refractivity contribution < 1.29 is 4.74 Å². The van der Waals surface area contributed by atoms with Crippen LogP contribution in [0.25, 0.3) is 0 Å². The number of ether oxygens (including phenoxy) is 1. The van der Waals surface area contributed by atoms with Crippen molar-refractivity contribution in [3.8, 4) is 5.75 Å². The van der Waals surface area contributed by atoms with E-state index in [9.17, 15) is 0 Å². The Bertz CT molecular complexity index is 828. The number of hydrogen-bond donors (Lipinski definition) is 1. The first-order valence-corrected chi connectivity index (χ1v) is 9.73. The van der Waals surface area contributed by atoms with Crippen molar-refractivity contribution in [2.75, 3.05) is 0 Å². The Kier molecular flexibility index (Phi) is 7.06. The maximum Gasteiger partial charge on any atom is 0.120 e. The molecule has 3 aromatic carbocycles. The predicted molar refractivity (Wildman–Crippen MR) is 113 cm³/mol. The van der Waals surface area contributed by atoms with Crippen molar-refractivity contribution in [1.29, 1.82) is 0 Å². The minimum atomic E-state index is 0.474. The molecule has 0 aliphatic heterocycles. The normalized spacial score (nSPS) is 11.9. The van der Waals surface area contributed by atoms with Gasteiger partial charge in [0.15, 0.2) is 0 Å². The summed E-state index contributed by atoms with van der Waals surface area (Å²) in [6, 6.07) is 28.0. The molecule has 0 fully saturated rings. The van der Waals surface area contributed by atoms with E-state index in [4.69, 9.17) is 4.74 Å². The monoisotopic (exact) mass is 359 g/mol. The molecule has 2 heteroatoms. The van der Waals surface area contributed by atoms with Gasteiger partial charge in [0.05, 0.1) is 0 Å². The SMILES string of the molecule is Cc1cccc(COc2cccc(CNC(C)CCc3ccccc3)c2)c1. The van der Waals surface area contributed by atoms with Gasteiger partial charge in [-0.1, -0.05) is 72.3 Å². The topological polar surface area (TPSA) is 21.3 Å². The van der Waals surface area contributed by atoms with Crippen molar-refractivity contribution in [2.45, 2.75) is 45.9 Å². The summed E-state index contributed by atoms with van der Waals surface area (Å²) in [6.07, 6.45) is 2.24. The maximum atomic E-state index is 5.97. The molecule has 140 valence electrons. The second kappa shape index (κ2) is 9.94. The van der Waals surface area contributed by atoms with E-state index < -0.39 is 0 Å². The molecule has 0 radical (unpaired) electrons. The van der Waals surface area contributed by atoms with Gasteiger partial charge in [0.25, 0.3) is 0 Å². The molecule has 0 heterocycles. The second-order valence-electron chi connectivity index (χ2n) is 7.23. The van der Waals surface area contributed by atoms with Crippen LogP contribution in [0.4, 0.5) is 0 Å². The fourth-order valence-corrected chi connectivity index (χ4v) is 3.14. The summed E-state index contributed by atoms with van der Waals surface area (Å²) in [6.45, 7) is 5.82. The van der Waals surface area contributed by atoms with E-state index in [2.05, 4.69) is 92.0 Å². The van der Waals surface area contributed by atoms with Gasteiger partial charge >= 0.3 is 0 Å². The zero-order chi connectivity index (χ0) is 18.9. The molecule has 3 rings (SSSR count). The highest BCUT2D eigenvalue weighted by atomic mass is 16.5. The molecule has 0 aliphatic carbocycles. The summed E-state index contributed by atoms with van der Waals surface area (Å²) in [5, 5.41) is 3.62. The molecule has 0 amide bonds. The predicted octanol–water partition coefficient (Wildman–Crippen LogP) is 5.68. The molecule has 2 nitrogen and oxygen atoms in total. The first-order valence-electron chi connectivity index (χ1n) is 9.73. The van der Waals surface area contributed by atoms with E-state index in [1.165, 1.54) is 22.3 Å². The molecule has 1 atom stereocenters. The van der Waals surface area contributed by atoms with Gasteiger partial charge in [-0.3, -0.25) is 0 Å². The van der Waals surface area contributed by atoms with Crippen LogP contribution in [0, 0.1) is 6.92 Å². The summed E-state index contributed by atoms with van der Waals surface area (Å²) in [7, 11) is 0. The smallest absolute Gasteiger partial charge is 0.120 e. The molecule has 0 aliphatic rings. The molecular formula is C25H29NO. The number of nitrogens with one attached hydrogen (secondary N) is 1. The Morgan fingerprint density at radius 3 is 2.37 bits per heavy atom. The van der Waals surface area contributed by atoms with E-state index in [0.717, 1.165) is 25.1 Å². The first kappa shape index (κ1) is 19.2. The van der Waals surface area contributed by atoms with Crippen LogP contribution < -0.4 is 10.1 Å². The highest BCUT2D eigenvalue weighted by Crippen LogP contribution is 2.16. The molecule has 3 aromatic rings. The van der Waals surface area contributed by atoms with Gasteiger partial charge in [-0.2, -0.15) is 0 Å². The van der Waals surface area contributed by atoms with E-state index in [1.54, 1.807) is 0 Å².